The van der Waals surface area contributed by atoms with Crippen LogP contribution in [-0.2, 0) is 11.4 Å². The number of rotatable bonds is 7. The number of nitrogens with zero attached hydrogens (tertiary/aromatic N) is 1. The molecule has 168 valence electrons. The van der Waals surface area contributed by atoms with E-state index in [2.05, 4.69) is 35.0 Å². The highest BCUT2D eigenvalue weighted by Crippen LogP contribution is 2.38. The second kappa shape index (κ2) is 10.5. The van der Waals surface area contributed by atoms with E-state index in [9.17, 15) is 4.79 Å². The molecule has 0 unspecified atom stereocenters. The molecule has 33 heavy (non-hydrogen) atoms. The number of halogens is 1. The lowest BCUT2D eigenvalue weighted by Gasteiger charge is -2.14. The predicted octanol–water partition coefficient (Wildman–Crippen LogP) is 7.14. The molecule has 3 aromatic carbocycles. The minimum Gasteiger partial charge on any atom is -0.490 e. The normalized spacial score (nSPS) is 14.8. The summed E-state index contributed by atoms with van der Waals surface area (Å²) >= 11 is 10.2. The van der Waals surface area contributed by atoms with Gasteiger partial charge in [-0.05, 0) is 61.4 Å². The molecule has 1 aliphatic heterocycles. The zero-order valence-electron chi connectivity index (χ0n) is 18.2. The average Bonchev–Trinajstić information content (AvgIpc) is 3.06. The summed E-state index contributed by atoms with van der Waals surface area (Å²) in [5.74, 6) is 1.17. The van der Waals surface area contributed by atoms with Crippen LogP contribution < -0.4 is 14.4 Å². The Kier molecular flexibility index (Phi) is 7.53. The molecule has 1 heterocycles. The van der Waals surface area contributed by atoms with Crippen molar-refractivity contribution >= 4 is 61.9 Å². The van der Waals surface area contributed by atoms with Gasteiger partial charge >= 0.3 is 0 Å². The number of anilines is 1. The van der Waals surface area contributed by atoms with E-state index in [1.54, 1.807) is 4.90 Å². The lowest BCUT2D eigenvalue weighted by Crippen LogP contribution is -2.27. The summed E-state index contributed by atoms with van der Waals surface area (Å²) in [5, 5.41) is 0. The summed E-state index contributed by atoms with van der Waals surface area (Å²) in [5.41, 5.74) is 3.87. The van der Waals surface area contributed by atoms with Gasteiger partial charge in [-0.3, -0.25) is 9.69 Å². The number of carbonyl (C=O) groups excluding carboxylic acids is 1. The third kappa shape index (κ3) is 5.66. The molecule has 1 saturated heterocycles. The van der Waals surface area contributed by atoms with Crippen LogP contribution in [0.5, 0.6) is 11.5 Å². The van der Waals surface area contributed by atoms with Gasteiger partial charge < -0.3 is 9.47 Å². The quantitative estimate of drug-likeness (QED) is 0.235. The number of amides is 1. The maximum atomic E-state index is 13.1. The molecule has 4 nitrogen and oxygen atoms in total. The van der Waals surface area contributed by atoms with E-state index >= 15 is 0 Å². The van der Waals surface area contributed by atoms with Crippen molar-refractivity contribution in [1.82, 2.24) is 0 Å². The van der Waals surface area contributed by atoms with Gasteiger partial charge in [-0.15, -0.1) is 0 Å². The van der Waals surface area contributed by atoms with Crippen molar-refractivity contribution in [2.75, 3.05) is 11.5 Å². The van der Waals surface area contributed by atoms with Gasteiger partial charge in [0.1, 0.15) is 6.61 Å². The zero-order valence-corrected chi connectivity index (χ0v) is 21.4. The molecule has 0 aromatic heterocycles. The van der Waals surface area contributed by atoms with Crippen LogP contribution in [0, 0.1) is 6.92 Å². The zero-order chi connectivity index (χ0) is 23.4. The van der Waals surface area contributed by atoms with Gasteiger partial charge in [0.25, 0.3) is 5.91 Å². The first kappa shape index (κ1) is 23.5. The van der Waals surface area contributed by atoms with Crippen molar-refractivity contribution in [3.63, 3.8) is 0 Å². The van der Waals surface area contributed by atoms with Crippen LogP contribution in [0.15, 0.2) is 76.1 Å². The van der Waals surface area contributed by atoms with Crippen molar-refractivity contribution in [3.05, 3.63) is 92.8 Å². The van der Waals surface area contributed by atoms with Gasteiger partial charge in [0.2, 0.25) is 0 Å². The molecule has 1 amide bonds. The molecule has 0 atom stereocenters. The van der Waals surface area contributed by atoms with E-state index in [0.717, 1.165) is 21.3 Å². The Morgan fingerprint density at radius 3 is 2.61 bits per heavy atom. The van der Waals surface area contributed by atoms with Crippen LogP contribution in [-0.4, -0.2) is 16.8 Å². The van der Waals surface area contributed by atoms with Crippen molar-refractivity contribution in [2.45, 2.75) is 20.5 Å². The highest BCUT2D eigenvalue weighted by atomic mass is 79.9. The van der Waals surface area contributed by atoms with Crippen LogP contribution in [0.1, 0.15) is 23.6 Å². The maximum absolute atomic E-state index is 13.1. The first-order valence-corrected chi connectivity index (χ1v) is 12.4. The molecule has 4 rings (SSSR count). The number of thiocarbonyl (C=S) groups is 1. The Morgan fingerprint density at radius 2 is 1.85 bits per heavy atom. The molecule has 0 saturated carbocycles. The molecule has 0 aliphatic carbocycles. The van der Waals surface area contributed by atoms with Gasteiger partial charge in [-0.25, -0.2) is 0 Å². The summed E-state index contributed by atoms with van der Waals surface area (Å²) in [4.78, 5) is 15.2. The van der Waals surface area contributed by atoms with E-state index in [-0.39, 0.29) is 5.91 Å². The molecule has 0 radical (unpaired) electrons. The molecule has 3 aromatic rings. The van der Waals surface area contributed by atoms with Crippen LogP contribution in [0.4, 0.5) is 5.69 Å². The highest BCUT2D eigenvalue weighted by Gasteiger charge is 2.33. The Balaban J connectivity index is 1.55. The van der Waals surface area contributed by atoms with Crippen LogP contribution in [0.3, 0.4) is 0 Å². The molecule has 1 aliphatic rings. The number of benzene rings is 3. The smallest absolute Gasteiger partial charge is 0.270 e. The fourth-order valence-electron chi connectivity index (χ4n) is 3.42. The first-order valence-electron chi connectivity index (χ1n) is 10.4. The molecule has 7 heteroatoms. The SMILES string of the molecule is CCOc1cc(/C=C2\SC(=S)N(c3cccc(Br)c3)C2=O)ccc1OCc1cccc(C)c1. The van der Waals surface area contributed by atoms with Gasteiger partial charge in [-0.2, -0.15) is 0 Å². The summed E-state index contributed by atoms with van der Waals surface area (Å²) in [6, 6.07) is 21.4. The Labute approximate surface area is 211 Å². The molecular weight excluding hydrogens is 518 g/mol. The summed E-state index contributed by atoms with van der Waals surface area (Å²) in [6.07, 6.45) is 1.84. The topological polar surface area (TPSA) is 38.8 Å². The Morgan fingerprint density at radius 1 is 1.03 bits per heavy atom. The van der Waals surface area contributed by atoms with Gasteiger partial charge in [0.15, 0.2) is 15.8 Å². The van der Waals surface area contributed by atoms with E-state index in [0.29, 0.717) is 33.9 Å². The lowest BCUT2D eigenvalue weighted by molar-refractivity contribution is -0.113. The van der Waals surface area contributed by atoms with E-state index in [4.69, 9.17) is 21.7 Å². The standard InChI is InChI=1S/C26H22BrNO3S2/c1-3-30-23-13-18(10-11-22(23)31-16-19-7-4-6-17(2)12-19)14-24-25(29)28(26(32)33-24)21-9-5-8-20(27)15-21/h4-15H,3,16H2,1-2H3/b24-14-. The highest BCUT2D eigenvalue weighted by molar-refractivity contribution is 9.10. The monoisotopic (exact) mass is 539 g/mol. The number of hydrogen-bond donors (Lipinski definition) is 0. The van der Waals surface area contributed by atoms with Crippen LogP contribution in [0.2, 0.25) is 0 Å². The molecule has 0 N–H and O–H groups in total. The van der Waals surface area contributed by atoms with E-state index in [1.165, 1.54) is 17.3 Å². The summed E-state index contributed by atoms with van der Waals surface area (Å²) < 4.78 is 13.2. The van der Waals surface area contributed by atoms with E-state index in [1.807, 2.05) is 67.6 Å². The van der Waals surface area contributed by atoms with Crippen LogP contribution in [0.25, 0.3) is 6.08 Å². The largest absolute Gasteiger partial charge is 0.490 e. The number of aryl methyl sites for hydroxylation is 1. The minimum atomic E-state index is -0.138. The van der Waals surface area contributed by atoms with Gasteiger partial charge in [0, 0.05) is 4.47 Å². The molecule has 0 bridgehead atoms. The first-order chi connectivity index (χ1) is 15.9. The third-order valence-electron chi connectivity index (χ3n) is 4.90. The van der Waals surface area contributed by atoms with Gasteiger partial charge in [0.05, 0.1) is 17.2 Å². The molecule has 0 spiro atoms. The number of ether oxygens (including phenoxy) is 2. The molecular formula is C26H22BrNO3S2. The minimum absolute atomic E-state index is 0.138. The summed E-state index contributed by atoms with van der Waals surface area (Å²) in [7, 11) is 0. The summed E-state index contributed by atoms with van der Waals surface area (Å²) in [6.45, 7) is 4.95. The fraction of sp³-hybridized carbons (Fsp3) is 0.154. The number of hydrogen-bond acceptors (Lipinski definition) is 5. The lowest BCUT2D eigenvalue weighted by atomic mass is 10.1. The van der Waals surface area contributed by atoms with E-state index < -0.39 is 0 Å². The van der Waals surface area contributed by atoms with Gasteiger partial charge in [-0.1, -0.05) is 81.9 Å². The average molecular weight is 541 g/mol. The predicted molar refractivity (Wildman–Crippen MR) is 143 cm³/mol. The van der Waals surface area contributed by atoms with Crippen molar-refractivity contribution in [1.29, 1.82) is 0 Å². The number of carbonyl (C=O) groups is 1. The van der Waals surface area contributed by atoms with Crippen molar-refractivity contribution < 1.29 is 14.3 Å². The Hall–Kier alpha value is -2.61. The van der Waals surface area contributed by atoms with Crippen molar-refractivity contribution in [3.8, 4) is 11.5 Å². The third-order valence-corrected chi connectivity index (χ3v) is 6.70. The Bertz CT molecular complexity index is 1240. The second-order valence-electron chi connectivity index (χ2n) is 7.41. The molecule has 1 fully saturated rings. The number of thioether (sulfide) groups is 1. The van der Waals surface area contributed by atoms with Crippen LogP contribution >= 0.6 is 39.9 Å². The van der Waals surface area contributed by atoms with Crippen molar-refractivity contribution in [2.24, 2.45) is 0 Å². The second-order valence-corrected chi connectivity index (χ2v) is 10.0. The maximum Gasteiger partial charge on any atom is 0.270 e. The fourth-order valence-corrected chi connectivity index (χ4v) is 5.11.